The highest BCUT2D eigenvalue weighted by molar-refractivity contribution is 5.81. The zero-order valence-electron chi connectivity index (χ0n) is 12.5. The van der Waals surface area contributed by atoms with Gasteiger partial charge in [-0.1, -0.05) is 13.0 Å². The monoisotopic (exact) mass is 275 g/mol. The third-order valence-electron chi connectivity index (χ3n) is 3.69. The van der Waals surface area contributed by atoms with Gasteiger partial charge in [-0.05, 0) is 49.6 Å². The molecule has 0 atom stereocenters. The minimum atomic E-state index is 0.119. The van der Waals surface area contributed by atoms with Crippen molar-refractivity contribution in [2.75, 3.05) is 31.1 Å². The fourth-order valence-corrected chi connectivity index (χ4v) is 2.50. The second-order valence-electron chi connectivity index (χ2n) is 5.41. The molecule has 1 aromatic rings. The van der Waals surface area contributed by atoms with Crippen molar-refractivity contribution in [1.29, 1.82) is 0 Å². The predicted octanol–water partition coefficient (Wildman–Crippen LogP) is 1.82. The van der Waals surface area contributed by atoms with Crippen LogP contribution < -0.4 is 15.5 Å². The normalized spacial score (nSPS) is 15.9. The Kier molecular flexibility index (Phi) is 5.41. The highest BCUT2D eigenvalue weighted by atomic mass is 16.2. The summed E-state index contributed by atoms with van der Waals surface area (Å²) in [6.45, 7) is 8.47. The van der Waals surface area contributed by atoms with Gasteiger partial charge in [-0.2, -0.15) is 0 Å². The number of aryl methyl sites for hydroxylation is 1. The number of nitrogens with zero attached hydrogens (tertiary/aromatic N) is 1. The molecule has 0 saturated carbocycles. The number of hydrogen-bond acceptors (Lipinski definition) is 3. The van der Waals surface area contributed by atoms with Gasteiger partial charge in [0.25, 0.3) is 0 Å². The number of carbonyl (C=O) groups is 1. The van der Waals surface area contributed by atoms with Gasteiger partial charge in [-0.25, -0.2) is 0 Å². The van der Waals surface area contributed by atoms with E-state index in [9.17, 15) is 4.79 Å². The number of carbonyl (C=O) groups excluding carboxylic acids is 1. The maximum atomic E-state index is 11.6. The molecule has 0 bridgehead atoms. The van der Waals surface area contributed by atoms with Gasteiger partial charge in [0.15, 0.2) is 0 Å². The molecule has 20 heavy (non-hydrogen) atoms. The smallest absolute Gasteiger partial charge is 0.239 e. The summed E-state index contributed by atoms with van der Waals surface area (Å²) < 4.78 is 0. The Labute approximate surface area is 121 Å². The summed E-state index contributed by atoms with van der Waals surface area (Å²) in [5, 5.41) is 6.34. The van der Waals surface area contributed by atoms with Gasteiger partial charge in [0.05, 0.1) is 6.54 Å². The van der Waals surface area contributed by atoms with Gasteiger partial charge in [-0.3, -0.25) is 4.79 Å². The third kappa shape index (κ3) is 3.97. The summed E-state index contributed by atoms with van der Waals surface area (Å²) >= 11 is 0. The first-order valence-corrected chi connectivity index (χ1v) is 7.52. The molecule has 4 heteroatoms. The Hall–Kier alpha value is -1.55. The lowest BCUT2D eigenvalue weighted by atomic mass is 10.1. The van der Waals surface area contributed by atoms with Crippen LogP contribution in [0.3, 0.4) is 0 Å². The molecule has 0 aliphatic carbocycles. The fraction of sp³-hybridized carbons (Fsp3) is 0.562. The largest absolute Gasteiger partial charge is 0.362 e. The van der Waals surface area contributed by atoms with Crippen LogP contribution in [-0.2, 0) is 11.3 Å². The summed E-state index contributed by atoms with van der Waals surface area (Å²) in [6.07, 6.45) is 2.16. The molecule has 1 fully saturated rings. The average Bonchev–Trinajstić information content (AvgIpc) is 2.65. The lowest BCUT2D eigenvalue weighted by molar-refractivity contribution is -0.119. The van der Waals surface area contributed by atoms with Crippen LogP contribution in [0.5, 0.6) is 0 Å². The zero-order chi connectivity index (χ0) is 14.4. The van der Waals surface area contributed by atoms with Gasteiger partial charge >= 0.3 is 0 Å². The highest BCUT2D eigenvalue weighted by Crippen LogP contribution is 2.20. The van der Waals surface area contributed by atoms with Crippen molar-refractivity contribution in [1.82, 2.24) is 10.6 Å². The second kappa shape index (κ2) is 7.29. The van der Waals surface area contributed by atoms with Crippen LogP contribution >= 0.6 is 0 Å². The summed E-state index contributed by atoms with van der Waals surface area (Å²) in [7, 11) is 0. The van der Waals surface area contributed by atoms with E-state index in [0.717, 1.165) is 44.7 Å². The lowest BCUT2D eigenvalue weighted by Crippen LogP contribution is -2.33. The average molecular weight is 275 g/mol. The molecule has 4 nitrogen and oxygen atoms in total. The molecule has 2 N–H and O–H groups in total. The summed E-state index contributed by atoms with van der Waals surface area (Å²) in [5.41, 5.74) is 3.77. The second-order valence-corrected chi connectivity index (χ2v) is 5.41. The molecule has 0 unspecified atom stereocenters. The molecule has 1 aliphatic heterocycles. The molecule has 0 radical (unpaired) electrons. The first-order valence-electron chi connectivity index (χ1n) is 7.52. The predicted molar refractivity (Wildman–Crippen MR) is 83.0 cm³/mol. The standard InChI is InChI=1S/C16H25N3O/c1-3-7-17-11-14-5-6-15(10-13(14)2)19-9-4-8-18-16(20)12-19/h5-6,10,17H,3-4,7-9,11-12H2,1-2H3,(H,18,20). The van der Waals surface area contributed by atoms with Gasteiger partial charge in [0.1, 0.15) is 0 Å². The van der Waals surface area contributed by atoms with Crippen molar-refractivity contribution in [2.24, 2.45) is 0 Å². The Morgan fingerprint density at radius 1 is 1.40 bits per heavy atom. The lowest BCUT2D eigenvalue weighted by Gasteiger charge is -2.22. The molecule has 0 aromatic heterocycles. The minimum Gasteiger partial charge on any atom is -0.362 e. The van der Waals surface area contributed by atoms with Crippen LogP contribution in [0, 0.1) is 6.92 Å². The van der Waals surface area contributed by atoms with Crippen molar-refractivity contribution in [3.63, 3.8) is 0 Å². The molecule has 1 saturated heterocycles. The van der Waals surface area contributed by atoms with E-state index in [4.69, 9.17) is 0 Å². The molecule has 0 spiro atoms. The van der Waals surface area contributed by atoms with E-state index in [0.29, 0.717) is 6.54 Å². The molecular formula is C16H25N3O. The van der Waals surface area contributed by atoms with E-state index >= 15 is 0 Å². The number of hydrogen-bond donors (Lipinski definition) is 2. The molecule has 1 heterocycles. The van der Waals surface area contributed by atoms with Crippen molar-refractivity contribution >= 4 is 11.6 Å². The molecule has 110 valence electrons. The molecule has 2 rings (SSSR count). The van der Waals surface area contributed by atoms with E-state index < -0.39 is 0 Å². The Morgan fingerprint density at radius 3 is 3.00 bits per heavy atom. The van der Waals surface area contributed by atoms with Gasteiger partial charge in [0.2, 0.25) is 5.91 Å². The van der Waals surface area contributed by atoms with Crippen LogP contribution in [0.15, 0.2) is 18.2 Å². The van der Waals surface area contributed by atoms with Crippen LogP contribution in [-0.4, -0.2) is 32.1 Å². The minimum absolute atomic E-state index is 0.119. The quantitative estimate of drug-likeness (QED) is 0.806. The summed E-state index contributed by atoms with van der Waals surface area (Å²) in [6, 6.07) is 6.51. The van der Waals surface area contributed by atoms with Crippen LogP contribution in [0.2, 0.25) is 0 Å². The number of rotatable bonds is 5. The third-order valence-corrected chi connectivity index (χ3v) is 3.69. The summed E-state index contributed by atoms with van der Waals surface area (Å²) in [4.78, 5) is 13.8. The highest BCUT2D eigenvalue weighted by Gasteiger charge is 2.15. The fourth-order valence-electron chi connectivity index (χ4n) is 2.50. The van der Waals surface area contributed by atoms with Crippen molar-refractivity contribution in [2.45, 2.75) is 33.2 Å². The number of anilines is 1. The van der Waals surface area contributed by atoms with E-state index in [1.54, 1.807) is 0 Å². The topological polar surface area (TPSA) is 44.4 Å². The first kappa shape index (κ1) is 14.9. The zero-order valence-corrected chi connectivity index (χ0v) is 12.5. The SMILES string of the molecule is CCCNCc1ccc(N2CCCNC(=O)C2)cc1C. The maximum absolute atomic E-state index is 11.6. The number of nitrogens with one attached hydrogen (secondary N) is 2. The number of amides is 1. The van der Waals surface area contributed by atoms with Gasteiger partial charge in [0, 0.05) is 25.3 Å². The Bertz CT molecular complexity index is 459. The van der Waals surface area contributed by atoms with E-state index in [-0.39, 0.29) is 5.91 Å². The molecule has 1 aromatic carbocycles. The maximum Gasteiger partial charge on any atom is 0.239 e. The van der Waals surface area contributed by atoms with Crippen molar-refractivity contribution < 1.29 is 4.79 Å². The molecule has 1 aliphatic rings. The van der Waals surface area contributed by atoms with E-state index in [1.807, 2.05) is 0 Å². The van der Waals surface area contributed by atoms with Crippen LogP contribution in [0.25, 0.3) is 0 Å². The van der Waals surface area contributed by atoms with Gasteiger partial charge < -0.3 is 15.5 Å². The Balaban J connectivity index is 2.05. The summed E-state index contributed by atoms with van der Waals surface area (Å²) in [5.74, 6) is 0.119. The first-order chi connectivity index (χ1) is 9.70. The molecular weight excluding hydrogens is 250 g/mol. The van der Waals surface area contributed by atoms with Crippen LogP contribution in [0.4, 0.5) is 5.69 Å². The Morgan fingerprint density at radius 2 is 2.25 bits per heavy atom. The van der Waals surface area contributed by atoms with E-state index in [1.165, 1.54) is 11.1 Å². The van der Waals surface area contributed by atoms with Crippen molar-refractivity contribution in [3.8, 4) is 0 Å². The molecule has 1 amide bonds. The van der Waals surface area contributed by atoms with Gasteiger partial charge in [-0.15, -0.1) is 0 Å². The number of benzene rings is 1. The van der Waals surface area contributed by atoms with E-state index in [2.05, 4.69) is 47.6 Å². The van der Waals surface area contributed by atoms with Crippen molar-refractivity contribution in [3.05, 3.63) is 29.3 Å². The van der Waals surface area contributed by atoms with Crippen LogP contribution in [0.1, 0.15) is 30.9 Å².